The number of ether oxygens (including phenoxy) is 3. The van der Waals surface area contributed by atoms with Crippen molar-refractivity contribution in [2.45, 2.75) is 26.4 Å². The third-order valence-electron chi connectivity index (χ3n) is 6.59. The molecule has 0 bridgehead atoms. The van der Waals surface area contributed by atoms with Crippen molar-refractivity contribution >= 4 is 28.3 Å². The Morgan fingerprint density at radius 3 is 2.14 bits per heavy atom. The van der Waals surface area contributed by atoms with Crippen LogP contribution in [0.4, 0.5) is 0 Å². The molecule has 3 N–H and O–H groups in total. The highest BCUT2D eigenvalue weighted by atomic mass is 16.5. The van der Waals surface area contributed by atoms with Crippen LogP contribution < -0.4 is 9.47 Å². The molecule has 9 heteroatoms. The minimum Gasteiger partial charge on any atom is -0.506 e. The zero-order chi connectivity index (χ0) is 26.0. The maximum Gasteiger partial charge on any atom is 0.342 e. The van der Waals surface area contributed by atoms with Crippen LogP contribution in [0.5, 0.6) is 28.7 Å². The molecule has 0 spiro atoms. The quantitative estimate of drug-likeness (QED) is 0.464. The molecule has 1 aliphatic heterocycles. The number of hydrogen-bond acceptors (Lipinski definition) is 9. The predicted octanol–water partition coefficient (Wildman–Crippen LogP) is 4.07. The zero-order valence-corrected chi connectivity index (χ0v) is 19.9. The van der Waals surface area contributed by atoms with Gasteiger partial charge in [-0.25, -0.2) is 4.79 Å². The number of aromatic hydroxyl groups is 3. The third kappa shape index (κ3) is 3.12. The fourth-order valence-corrected chi connectivity index (χ4v) is 4.97. The molecule has 5 rings (SSSR count). The van der Waals surface area contributed by atoms with Gasteiger partial charge in [-0.1, -0.05) is 0 Å². The molecule has 1 atom stereocenters. The zero-order valence-electron chi connectivity index (χ0n) is 19.9. The second kappa shape index (κ2) is 8.01. The summed E-state index contributed by atoms with van der Waals surface area (Å²) in [6, 6.07) is 4.51. The van der Waals surface area contributed by atoms with E-state index in [0.717, 1.165) is 6.08 Å². The number of carbonyl (C=O) groups excluding carboxylic acids is 3. The van der Waals surface area contributed by atoms with Gasteiger partial charge in [-0.05, 0) is 49.1 Å². The molecule has 9 nitrogen and oxygen atoms in total. The van der Waals surface area contributed by atoms with E-state index in [-0.39, 0.29) is 56.4 Å². The van der Waals surface area contributed by atoms with Gasteiger partial charge in [0, 0.05) is 17.6 Å². The van der Waals surface area contributed by atoms with Crippen molar-refractivity contribution in [1.82, 2.24) is 0 Å². The molecule has 36 heavy (non-hydrogen) atoms. The number of benzene rings is 3. The maximum atomic E-state index is 12.8. The van der Waals surface area contributed by atoms with Crippen LogP contribution >= 0.6 is 0 Å². The van der Waals surface area contributed by atoms with Crippen molar-refractivity contribution in [3.05, 3.63) is 52.1 Å². The lowest BCUT2D eigenvalue weighted by Crippen LogP contribution is -2.25. The molecular formula is C27H22O9. The topological polar surface area (TPSA) is 140 Å². The Labute approximate surface area is 205 Å². The fraction of sp³-hybridized carbons (Fsp3) is 0.222. The molecule has 0 unspecified atom stereocenters. The fourth-order valence-electron chi connectivity index (χ4n) is 4.97. The van der Waals surface area contributed by atoms with E-state index in [0.29, 0.717) is 17.4 Å². The van der Waals surface area contributed by atoms with Crippen molar-refractivity contribution < 1.29 is 43.9 Å². The van der Waals surface area contributed by atoms with Gasteiger partial charge in [-0.3, -0.25) is 9.59 Å². The van der Waals surface area contributed by atoms with Gasteiger partial charge in [0.25, 0.3) is 0 Å². The van der Waals surface area contributed by atoms with Crippen molar-refractivity contribution in [3.8, 4) is 39.9 Å². The van der Waals surface area contributed by atoms with Crippen molar-refractivity contribution in [2.24, 2.45) is 0 Å². The lowest BCUT2D eigenvalue weighted by molar-refractivity contribution is 0.0297. The van der Waals surface area contributed by atoms with Crippen LogP contribution in [0.2, 0.25) is 0 Å². The number of phenolic OH excluding ortho intramolecular Hbond substituents is 3. The van der Waals surface area contributed by atoms with Gasteiger partial charge in [-0.2, -0.15) is 0 Å². The summed E-state index contributed by atoms with van der Waals surface area (Å²) in [6.07, 6.45) is 1.12. The molecule has 3 aromatic carbocycles. The standard InChI is InChI=1S/C27H22O9/c1-10-5-15(28)20-14(23(10)29)9-17(35-4)22(26(20)32)21-16(34-3)8-13-7-12-6-11(2)36-27(33)19(12)24(30)18(13)25(21)31/h5,7-9,11,30-32H,6H2,1-4H3/t11-/m1/s1. The van der Waals surface area contributed by atoms with Gasteiger partial charge in [0.2, 0.25) is 0 Å². The molecule has 0 amide bonds. The van der Waals surface area contributed by atoms with Gasteiger partial charge in [-0.15, -0.1) is 0 Å². The number of methoxy groups -OCH3 is 2. The predicted molar refractivity (Wildman–Crippen MR) is 128 cm³/mol. The number of cyclic esters (lactones) is 1. The summed E-state index contributed by atoms with van der Waals surface area (Å²) in [5.74, 6) is -3.27. The molecular weight excluding hydrogens is 468 g/mol. The van der Waals surface area contributed by atoms with Crippen LogP contribution in [0, 0.1) is 0 Å². The van der Waals surface area contributed by atoms with E-state index >= 15 is 0 Å². The first-order valence-corrected chi connectivity index (χ1v) is 11.1. The summed E-state index contributed by atoms with van der Waals surface area (Å²) in [4.78, 5) is 38.0. The Kier molecular flexibility index (Phi) is 5.17. The van der Waals surface area contributed by atoms with E-state index in [1.54, 1.807) is 13.0 Å². The number of rotatable bonds is 3. The number of hydrogen-bond donors (Lipinski definition) is 3. The number of phenols is 3. The average Bonchev–Trinajstić information content (AvgIpc) is 2.81. The van der Waals surface area contributed by atoms with Crippen LogP contribution in [-0.2, 0) is 11.2 Å². The number of allylic oxidation sites excluding steroid dienone is 2. The third-order valence-corrected chi connectivity index (χ3v) is 6.59. The summed E-state index contributed by atoms with van der Waals surface area (Å²) in [7, 11) is 2.66. The summed E-state index contributed by atoms with van der Waals surface area (Å²) in [5, 5.41) is 34.0. The van der Waals surface area contributed by atoms with Crippen LogP contribution in [0.1, 0.15) is 50.5 Å². The summed E-state index contributed by atoms with van der Waals surface area (Å²) >= 11 is 0. The molecule has 1 heterocycles. The first kappa shape index (κ1) is 23.2. The number of ketones is 2. The number of carbonyl (C=O) groups is 3. The van der Waals surface area contributed by atoms with Gasteiger partial charge in [0.15, 0.2) is 11.6 Å². The Balaban J connectivity index is 1.88. The van der Waals surface area contributed by atoms with Crippen molar-refractivity contribution in [1.29, 1.82) is 0 Å². The summed E-state index contributed by atoms with van der Waals surface area (Å²) in [6.45, 7) is 3.23. The minimum absolute atomic E-state index is 0.0132. The van der Waals surface area contributed by atoms with Crippen molar-refractivity contribution in [3.63, 3.8) is 0 Å². The second-order valence-corrected chi connectivity index (χ2v) is 8.83. The van der Waals surface area contributed by atoms with E-state index in [2.05, 4.69) is 0 Å². The van der Waals surface area contributed by atoms with Crippen LogP contribution in [-0.4, -0.2) is 53.2 Å². The Morgan fingerprint density at radius 1 is 0.861 bits per heavy atom. The molecule has 184 valence electrons. The SMILES string of the molecule is COc1cc2c(c(O)c1-c1c(OC)cc3cc4c(c(O)c3c1O)C(=O)O[C@H](C)C4)C(=O)C=C(C)C2=O. The molecule has 0 saturated carbocycles. The second-order valence-electron chi connectivity index (χ2n) is 8.83. The highest BCUT2D eigenvalue weighted by Crippen LogP contribution is 2.54. The van der Waals surface area contributed by atoms with Crippen LogP contribution in [0.15, 0.2) is 29.8 Å². The Bertz CT molecular complexity index is 1560. The number of esters is 1. The summed E-state index contributed by atoms with van der Waals surface area (Å²) in [5.41, 5.74) is 0.217. The van der Waals surface area contributed by atoms with Gasteiger partial charge in [0.1, 0.15) is 40.4 Å². The Morgan fingerprint density at radius 2 is 1.47 bits per heavy atom. The lowest BCUT2D eigenvalue weighted by atomic mass is 9.85. The molecule has 0 saturated heterocycles. The minimum atomic E-state index is -0.722. The first-order chi connectivity index (χ1) is 17.1. The number of Topliss-reactive ketones (excluding diaryl/α,β-unsaturated/α-hetero) is 1. The molecule has 3 aromatic rings. The largest absolute Gasteiger partial charge is 0.506 e. The van der Waals surface area contributed by atoms with Gasteiger partial charge >= 0.3 is 5.97 Å². The molecule has 0 aromatic heterocycles. The highest BCUT2D eigenvalue weighted by molar-refractivity contribution is 6.26. The molecule has 0 radical (unpaired) electrons. The van der Waals surface area contributed by atoms with E-state index in [4.69, 9.17) is 14.2 Å². The average molecular weight is 490 g/mol. The van der Waals surface area contributed by atoms with E-state index in [1.165, 1.54) is 33.3 Å². The van der Waals surface area contributed by atoms with Crippen LogP contribution in [0.25, 0.3) is 21.9 Å². The smallest absolute Gasteiger partial charge is 0.342 e. The Hall–Kier alpha value is -4.53. The first-order valence-electron chi connectivity index (χ1n) is 11.1. The monoisotopic (exact) mass is 490 g/mol. The van der Waals surface area contributed by atoms with E-state index < -0.39 is 34.8 Å². The molecule has 1 aliphatic carbocycles. The summed E-state index contributed by atoms with van der Waals surface area (Å²) < 4.78 is 16.2. The van der Waals surface area contributed by atoms with Crippen molar-refractivity contribution in [2.75, 3.05) is 14.2 Å². The van der Waals surface area contributed by atoms with Gasteiger partial charge in [0.05, 0.1) is 36.3 Å². The van der Waals surface area contributed by atoms with E-state index in [1.807, 2.05) is 0 Å². The maximum absolute atomic E-state index is 12.8. The highest BCUT2D eigenvalue weighted by Gasteiger charge is 2.35. The van der Waals surface area contributed by atoms with E-state index in [9.17, 15) is 29.7 Å². The van der Waals surface area contributed by atoms with Gasteiger partial charge < -0.3 is 29.5 Å². The lowest BCUT2D eigenvalue weighted by Gasteiger charge is -2.25. The van der Waals surface area contributed by atoms with Crippen LogP contribution in [0.3, 0.4) is 0 Å². The normalized spacial score (nSPS) is 16.8. The molecule has 0 fully saturated rings. The molecule has 2 aliphatic rings. The number of fused-ring (bicyclic) bond motifs is 3.